The summed E-state index contributed by atoms with van der Waals surface area (Å²) in [7, 11) is 3.11. The summed E-state index contributed by atoms with van der Waals surface area (Å²) in [5, 5.41) is 8.08. The lowest BCUT2D eigenvalue weighted by Crippen LogP contribution is -2.10. The number of benzene rings is 2. The number of nitrogens with one attached hydrogen (secondary N) is 1. The van der Waals surface area contributed by atoms with Crippen molar-refractivity contribution in [2.75, 3.05) is 20.8 Å². The maximum absolute atomic E-state index is 12.2. The van der Waals surface area contributed by atoms with E-state index >= 15 is 0 Å². The number of fused-ring (bicyclic) bond motifs is 2. The molecule has 0 unspecified atom stereocenters. The molecule has 0 aliphatic carbocycles. The summed E-state index contributed by atoms with van der Waals surface area (Å²) in [4.78, 5) is 16.6. The van der Waals surface area contributed by atoms with Crippen LogP contribution in [0.2, 0.25) is 0 Å². The van der Waals surface area contributed by atoms with Crippen LogP contribution in [-0.4, -0.2) is 37.2 Å². The minimum absolute atomic E-state index is 0.265. The van der Waals surface area contributed by atoms with Crippen LogP contribution >= 0.6 is 0 Å². The monoisotopic (exact) mass is 335 g/mol. The number of H-pyrrole nitrogens is 1. The van der Waals surface area contributed by atoms with E-state index in [1.807, 2.05) is 12.3 Å². The van der Waals surface area contributed by atoms with E-state index in [0.29, 0.717) is 28.0 Å². The van der Waals surface area contributed by atoms with Crippen molar-refractivity contribution in [2.45, 2.75) is 6.42 Å². The molecule has 1 aromatic heterocycles. The lowest BCUT2D eigenvalue weighted by molar-refractivity contribution is 0.356. The van der Waals surface area contributed by atoms with E-state index in [2.05, 4.69) is 27.3 Å². The maximum atomic E-state index is 12.2. The first-order valence-electron chi connectivity index (χ1n) is 7.99. The molecule has 0 spiro atoms. The number of hydrogen-bond acceptors (Lipinski definition) is 5. The van der Waals surface area contributed by atoms with Gasteiger partial charge >= 0.3 is 0 Å². The van der Waals surface area contributed by atoms with Crippen LogP contribution in [0.15, 0.2) is 40.1 Å². The minimum Gasteiger partial charge on any atom is -0.493 e. The Morgan fingerprint density at radius 1 is 1.04 bits per heavy atom. The number of hydrogen-bond donors (Lipinski definition) is 1. The first-order valence-corrected chi connectivity index (χ1v) is 7.99. The van der Waals surface area contributed by atoms with E-state index < -0.39 is 0 Å². The molecule has 0 amide bonds. The fraction of sp³-hybridized carbons (Fsp3) is 0.211. The molecule has 1 N–H and O–H groups in total. The number of rotatable bonds is 3. The van der Waals surface area contributed by atoms with Gasteiger partial charge in [-0.05, 0) is 35.7 Å². The van der Waals surface area contributed by atoms with Gasteiger partial charge in [0, 0.05) is 23.7 Å². The Kier molecular flexibility index (Phi) is 3.72. The molecule has 2 heterocycles. The van der Waals surface area contributed by atoms with Crippen molar-refractivity contribution < 1.29 is 9.47 Å². The highest BCUT2D eigenvalue weighted by molar-refractivity contribution is 5.97. The molecule has 1 aliphatic heterocycles. The number of aliphatic imine (C=N–C) groups is 1. The molecule has 2 aromatic carbocycles. The first-order chi connectivity index (χ1) is 12.2. The van der Waals surface area contributed by atoms with Crippen LogP contribution in [0.1, 0.15) is 11.1 Å². The fourth-order valence-electron chi connectivity index (χ4n) is 3.15. The Morgan fingerprint density at radius 3 is 2.56 bits per heavy atom. The van der Waals surface area contributed by atoms with Gasteiger partial charge in [-0.2, -0.15) is 5.10 Å². The predicted octanol–water partition coefficient (Wildman–Crippen LogP) is 2.58. The zero-order chi connectivity index (χ0) is 17.4. The van der Waals surface area contributed by atoms with Gasteiger partial charge in [0.05, 0.1) is 25.3 Å². The molecular formula is C19H17N3O3. The molecule has 25 heavy (non-hydrogen) atoms. The third-order valence-electron chi connectivity index (χ3n) is 4.45. The predicted molar refractivity (Wildman–Crippen MR) is 97.1 cm³/mol. The molecule has 0 saturated heterocycles. The second kappa shape index (κ2) is 6.05. The van der Waals surface area contributed by atoms with Gasteiger partial charge in [-0.1, -0.05) is 12.1 Å². The van der Waals surface area contributed by atoms with E-state index in [9.17, 15) is 4.79 Å². The van der Waals surface area contributed by atoms with E-state index in [4.69, 9.17) is 9.47 Å². The van der Waals surface area contributed by atoms with Gasteiger partial charge in [0.15, 0.2) is 11.5 Å². The third kappa shape index (κ3) is 2.55. The van der Waals surface area contributed by atoms with E-state index in [1.165, 1.54) is 5.56 Å². The number of aromatic amines is 1. The number of ether oxygens (including phenoxy) is 2. The summed E-state index contributed by atoms with van der Waals surface area (Å²) in [6.45, 7) is 0.823. The molecule has 0 bridgehead atoms. The smallest absolute Gasteiger partial charge is 0.272 e. The lowest BCUT2D eigenvalue weighted by Gasteiger charge is -2.13. The van der Waals surface area contributed by atoms with Crippen molar-refractivity contribution >= 4 is 17.0 Å². The maximum Gasteiger partial charge on any atom is 0.272 e. The largest absolute Gasteiger partial charge is 0.493 e. The van der Waals surface area contributed by atoms with E-state index in [0.717, 1.165) is 24.1 Å². The molecule has 6 heteroatoms. The molecule has 0 fully saturated rings. The highest BCUT2D eigenvalue weighted by Gasteiger charge is 2.15. The number of methoxy groups -OCH3 is 2. The average Bonchev–Trinajstić information content (AvgIpc) is 2.67. The van der Waals surface area contributed by atoms with Crippen molar-refractivity contribution in [3.63, 3.8) is 0 Å². The van der Waals surface area contributed by atoms with Gasteiger partial charge in [-0.3, -0.25) is 9.79 Å². The Labute approximate surface area is 144 Å². The summed E-state index contributed by atoms with van der Waals surface area (Å²) >= 11 is 0. The zero-order valence-electron chi connectivity index (χ0n) is 14.0. The Bertz CT molecular complexity index is 1050. The number of nitrogens with zero attached hydrogens (tertiary/aromatic N) is 2. The van der Waals surface area contributed by atoms with Crippen LogP contribution in [0.5, 0.6) is 11.5 Å². The highest BCUT2D eigenvalue weighted by Crippen LogP contribution is 2.35. The third-order valence-corrected chi connectivity index (χ3v) is 4.45. The molecule has 0 atom stereocenters. The standard InChI is InChI=1S/C19H17N3O3/c1-24-16-8-14-15(9-17(16)25-2)19(23)22-21-18(14)12-4-3-11-5-6-20-10-13(11)7-12/h3-4,7-10H,5-6H2,1-2H3,(H,22,23). The van der Waals surface area contributed by atoms with Crippen molar-refractivity contribution in [3.8, 4) is 22.8 Å². The van der Waals surface area contributed by atoms with Crippen LogP contribution in [0, 0.1) is 0 Å². The second-order valence-electron chi connectivity index (χ2n) is 5.85. The topological polar surface area (TPSA) is 76.6 Å². The van der Waals surface area contributed by atoms with Crippen LogP contribution in [0.4, 0.5) is 0 Å². The lowest BCUT2D eigenvalue weighted by atomic mass is 9.97. The van der Waals surface area contributed by atoms with Crippen LogP contribution in [0.25, 0.3) is 22.0 Å². The Hall–Kier alpha value is -3.15. The zero-order valence-corrected chi connectivity index (χ0v) is 14.0. The quantitative estimate of drug-likeness (QED) is 0.798. The van der Waals surface area contributed by atoms with Gasteiger partial charge < -0.3 is 9.47 Å². The van der Waals surface area contributed by atoms with Gasteiger partial charge in [-0.15, -0.1) is 0 Å². The van der Waals surface area contributed by atoms with Gasteiger partial charge in [0.25, 0.3) is 5.56 Å². The van der Waals surface area contributed by atoms with Gasteiger partial charge in [0.2, 0.25) is 0 Å². The van der Waals surface area contributed by atoms with Gasteiger partial charge in [-0.25, -0.2) is 5.10 Å². The van der Waals surface area contributed by atoms with Crippen molar-refractivity contribution in [1.29, 1.82) is 0 Å². The van der Waals surface area contributed by atoms with Gasteiger partial charge in [0.1, 0.15) is 0 Å². The molecule has 1 aliphatic rings. The molecule has 6 nitrogen and oxygen atoms in total. The molecule has 3 aromatic rings. The summed E-state index contributed by atoms with van der Waals surface area (Å²) in [5.74, 6) is 1.07. The summed E-state index contributed by atoms with van der Waals surface area (Å²) in [5.41, 5.74) is 3.70. The minimum atomic E-state index is -0.265. The molecule has 4 rings (SSSR count). The highest BCUT2D eigenvalue weighted by atomic mass is 16.5. The van der Waals surface area contributed by atoms with Crippen LogP contribution in [-0.2, 0) is 6.42 Å². The van der Waals surface area contributed by atoms with Crippen molar-refractivity contribution in [3.05, 3.63) is 51.8 Å². The molecule has 126 valence electrons. The fourth-order valence-corrected chi connectivity index (χ4v) is 3.15. The summed E-state index contributed by atoms with van der Waals surface area (Å²) < 4.78 is 10.7. The number of aromatic nitrogens is 2. The van der Waals surface area contributed by atoms with Crippen molar-refractivity contribution in [1.82, 2.24) is 10.2 Å². The normalized spacial score (nSPS) is 12.9. The molecule has 0 radical (unpaired) electrons. The Balaban J connectivity index is 1.98. The second-order valence-corrected chi connectivity index (χ2v) is 5.85. The molecule has 0 saturated carbocycles. The van der Waals surface area contributed by atoms with E-state index in [-0.39, 0.29) is 5.56 Å². The van der Waals surface area contributed by atoms with Crippen LogP contribution < -0.4 is 15.0 Å². The Morgan fingerprint density at radius 2 is 1.80 bits per heavy atom. The summed E-state index contributed by atoms with van der Waals surface area (Å²) in [6.07, 6.45) is 2.83. The van der Waals surface area contributed by atoms with E-state index in [1.54, 1.807) is 26.4 Å². The summed E-state index contributed by atoms with van der Waals surface area (Å²) in [6, 6.07) is 9.64. The first kappa shape index (κ1) is 15.4. The SMILES string of the molecule is COc1cc2c(-c3ccc4c(c3)C=NCC4)n[nH]c(=O)c2cc1OC. The van der Waals surface area contributed by atoms with Crippen LogP contribution in [0.3, 0.4) is 0 Å². The molecular weight excluding hydrogens is 318 g/mol. The average molecular weight is 335 g/mol. The van der Waals surface area contributed by atoms with Crippen molar-refractivity contribution in [2.24, 2.45) is 4.99 Å².